The summed E-state index contributed by atoms with van der Waals surface area (Å²) in [4.78, 5) is 16.9. The minimum atomic E-state index is -2.61. The van der Waals surface area contributed by atoms with E-state index in [2.05, 4.69) is 27.5 Å². The second-order valence-corrected chi connectivity index (χ2v) is 8.35. The van der Waals surface area contributed by atoms with Crippen molar-refractivity contribution in [1.29, 1.82) is 0 Å². The number of aryl methyl sites for hydroxylation is 2. The van der Waals surface area contributed by atoms with Gasteiger partial charge >= 0.3 is 0 Å². The highest BCUT2D eigenvalue weighted by Crippen LogP contribution is 2.33. The van der Waals surface area contributed by atoms with E-state index in [4.69, 9.17) is 0 Å². The van der Waals surface area contributed by atoms with Crippen LogP contribution in [0.15, 0.2) is 48.8 Å². The van der Waals surface area contributed by atoms with Gasteiger partial charge in [0.2, 0.25) is 5.92 Å². The molecule has 1 fully saturated rings. The van der Waals surface area contributed by atoms with Gasteiger partial charge in [-0.05, 0) is 55.0 Å². The fourth-order valence-electron chi connectivity index (χ4n) is 3.91. The van der Waals surface area contributed by atoms with Crippen molar-refractivity contribution in [2.45, 2.75) is 51.0 Å². The Kier molecular flexibility index (Phi) is 5.85. The number of benzene rings is 1. The van der Waals surface area contributed by atoms with Gasteiger partial charge in [0.05, 0.1) is 5.69 Å². The number of halogens is 2. The summed E-state index contributed by atoms with van der Waals surface area (Å²) in [5.74, 6) is -2.91. The molecular formula is C24H26F2N4O. The van der Waals surface area contributed by atoms with Crippen LogP contribution in [-0.4, -0.2) is 32.6 Å². The normalized spacial score (nSPS) is 16.3. The van der Waals surface area contributed by atoms with Gasteiger partial charge in [-0.15, -0.1) is 0 Å². The fourth-order valence-corrected chi connectivity index (χ4v) is 3.91. The van der Waals surface area contributed by atoms with E-state index in [9.17, 15) is 13.6 Å². The Morgan fingerprint density at radius 3 is 2.55 bits per heavy atom. The molecule has 0 bridgehead atoms. The van der Waals surface area contributed by atoms with Gasteiger partial charge in [-0.1, -0.05) is 24.3 Å². The van der Waals surface area contributed by atoms with Gasteiger partial charge in [-0.2, -0.15) is 5.10 Å². The summed E-state index contributed by atoms with van der Waals surface area (Å²) in [6, 6.07) is 11.8. The molecule has 0 aliphatic heterocycles. The monoisotopic (exact) mass is 424 g/mol. The van der Waals surface area contributed by atoms with Crippen LogP contribution in [0, 0.1) is 6.92 Å². The zero-order valence-corrected chi connectivity index (χ0v) is 17.7. The molecule has 1 N–H and O–H groups in total. The van der Waals surface area contributed by atoms with Crippen molar-refractivity contribution in [3.63, 3.8) is 0 Å². The summed E-state index contributed by atoms with van der Waals surface area (Å²) in [5, 5.41) is 7.29. The molecule has 31 heavy (non-hydrogen) atoms. The van der Waals surface area contributed by atoms with Gasteiger partial charge in [0.1, 0.15) is 5.69 Å². The third-order valence-corrected chi connectivity index (χ3v) is 5.86. The molecule has 1 amide bonds. The van der Waals surface area contributed by atoms with Crippen LogP contribution in [0.25, 0.3) is 11.3 Å². The maximum Gasteiger partial charge on any atom is 0.270 e. The van der Waals surface area contributed by atoms with Gasteiger partial charge < -0.3 is 5.32 Å². The average Bonchev–Trinajstić information content (AvgIpc) is 3.18. The van der Waals surface area contributed by atoms with Crippen LogP contribution in [0.1, 0.15) is 52.9 Å². The largest absolute Gasteiger partial charge is 0.348 e. The lowest BCUT2D eigenvalue weighted by Gasteiger charge is -2.28. The van der Waals surface area contributed by atoms with Crippen LogP contribution < -0.4 is 5.32 Å². The molecule has 1 aliphatic rings. The molecule has 1 saturated carbocycles. The van der Waals surface area contributed by atoms with Gasteiger partial charge in [-0.3, -0.25) is 14.5 Å². The minimum absolute atomic E-state index is 0.182. The Morgan fingerprint density at radius 1 is 1.19 bits per heavy atom. The first-order valence-electron chi connectivity index (χ1n) is 10.5. The van der Waals surface area contributed by atoms with Crippen molar-refractivity contribution in [3.8, 4) is 11.3 Å². The number of amides is 1. The number of hydrogen-bond donors (Lipinski definition) is 1. The smallest absolute Gasteiger partial charge is 0.270 e. The van der Waals surface area contributed by atoms with Crippen molar-refractivity contribution in [2.75, 3.05) is 0 Å². The van der Waals surface area contributed by atoms with Crippen molar-refractivity contribution < 1.29 is 13.6 Å². The summed E-state index contributed by atoms with van der Waals surface area (Å²) < 4.78 is 28.4. The highest BCUT2D eigenvalue weighted by atomic mass is 19.3. The second kappa shape index (κ2) is 8.57. The van der Waals surface area contributed by atoms with E-state index in [0.717, 1.165) is 27.9 Å². The number of nitrogens with one attached hydrogen (secondary N) is 1. The summed E-state index contributed by atoms with van der Waals surface area (Å²) in [6.45, 7) is 1.97. The Bertz CT molecular complexity index is 1070. The number of aromatic nitrogens is 3. The summed E-state index contributed by atoms with van der Waals surface area (Å²) in [7, 11) is 1.89. The quantitative estimate of drug-likeness (QED) is 0.647. The van der Waals surface area contributed by atoms with E-state index in [1.807, 2.05) is 38.4 Å². The van der Waals surface area contributed by atoms with Gasteiger partial charge in [0.15, 0.2) is 0 Å². The van der Waals surface area contributed by atoms with E-state index in [-0.39, 0.29) is 24.8 Å². The lowest BCUT2D eigenvalue weighted by atomic mass is 9.92. The lowest BCUT2D eigenvalue weighted by Crippen LogP contribution is -2.40. The first-order chi connectivity index (χ1) is 14.8. The van der Waals surface area contributed by atoms with Gasteiger partial charge in [0, 0.05) is 43.9 Å². The van der Waals surface area contributed by atoms with Crippen LogP contribution in [0.5, 0.6) is 0 Å². The number of rotatable bonds is 5. The molecule has 2 aromatic heterocycles. The Balaban J connectivity index is 1.43. The molecule has 4 rings (SSSR count). The first-order valence-corrected chi connectivity index (χ1v) is 10.5. The molecule has 0 atom stereocenters. The number of hydrogen-bond acceptors (Lipinski definition) is 3. The van der Waals surface area contributed by atoms with E-state index >= 15 is 0 Å². The third kappa shape index (κ3) is 5.16. The molecule has 7 heteroatoms. The van der Waals surface area contributed by atoms with Crippen LogP contribution in [0.2, 0.25) is 0 Å². The summed E-state index contributed by atoms with van der Waals surface area (Å²) >= 11 is 0. The highest BCUT2D eigenvalue weighted by molar-refractivity contribution is 5.92. The van der Waals surface area contributed by atoms with Gasteiger partial charge in [0.25, 0.3) is 5.91 Å². The maximum atomic E-state index is 13.3. The second-order valence-electron chi connectivity index (χ2n) is 8.35. The number of carbonyl (C=O) groups excluding carboxylic acids is 1. The van der Waals surface area contributed by atoms with Gasteiger partial charge in [-0.25, -0.2) is 8.78 Å². The standard InChI is InChI=1S/C24H26F2N4O/c1-16-15-27-22(23(31)28-20-7-10-24(25,26)11-8-20)14-19(16)13-17-3-5-18(6-4-17)21-9-12-30(2)29-21/h3-6,9,12,14-15,20H,7-8,10-11,13H2,1-2H3,(H,28,31). The number of pyridine rings is 1. The van der Waals surface area contributed by atoms with E-state index in [0.29, 0.717) is 25.0 Å². The minimum Gasteiger partial charge on any atom is -0.348 e. The van der Waals surface area contributed by atoms with Crippen LogP contribution in [0.4, 0.5) is 8.78 Å². The molecule has 1 aliphatic carbocycles. The third-order valence-electron chi connectivity index (χ3n) is 5.86. The highest BCUT2D eigenvalue weighted by Gasteiger charge is 2.35. The molecule has 0 radical (unpaired) electrons. The first kappa shape index (κ1) is 21.2. The van der Waals surface area contributed by atoms with Crippen molar-refractivity contribution >= 4 is 5.91 Å². The van der Waals surface area contributed by atoms with Crippen molar-refractivity contribution in [1.82, 2.24) is 20.1 Å². The molecule has 3 aromatic rings. The molecular weight excluding hydrogens is 398 g/mol. The SMILES string of the molecule is Cc1cnc(C(=O)NC2CCC(F)(F)CC2)cc1Cc1ccc(-c2ccn(C)n2)cc1. The van der Waals surface area contributed by atoms with Crippen molar-refractivity contribution in [3.05, 3.63) is 71.2 Å². The average molecular weight is 424 g/mol. The predicted molar refractivity (Wildman–Crippen MR) is 115 cm³/mol. The van der Waals surface area contributed by atoms with Crippen LogP contribution in [-0.2, 0) is 13.5 Å². The van der Waals surface area contributed by atoms with Crippen molar-refractivity contribution in [2.24, 2.45) is 7.05 Å². The van der Waals surface area contributed by atoms with E-state index in [1.54, 1.807) is 16.9 Å². The number of nitrogens with zero attached hydrogens (tertiary/aromatic N) is 3. The zero-order chi connectivity index (χ0) is 22.0. The molecule has 0 unspecified atom stereocenters. The Morgan fingerprint density at radius 2 is 1.90 bits per heavy atom. The maximum absolute atomic E-state index is 13.3. The molecule has 5 nitrogen and oxygen atoms in total. The molecule has 1 aromatic carbocycles. The van der Waals surface area contributed by atoms with Crippen LogP contribution in [0.3, 0.4) is 0 Å². The van der Waals surface area contributed by atoms with E-state index in [1.165, 1.54) is 0 Å². The zero-order valence-electron chi connectivity index (χ0n) is 17.7. The summed E-state index contributed by atoms with van der Waals surface area (Å²) in [6.07, 6.45) is 4.50. The Labute approximate surface area is 180 Å². The molecule has 162 valence electrons. The Hall–Kier alpha value is -3.09. The topological polar surface area (TPSA) is 59.8 Å². The number of carbonyl (C=O) groups is 1. The summed E-state index contributed by atoms with van der Waals surface area (Å²) in [5.41, 5.74) is 5.43. The predicted octanol–water partition coefficient (Wildman–Crippen LogP) is 4.69. The molecule has 0 saturated heterocycles. The molecule has 0 spiro atoms. The molecule has 2 heterocycles. The lowest BCUT2D eigenvalue weighted by molar-refractivity contribution is -0.0399. The number of alkyl halides is 2. The van der Waals surface area contributed by atoms with Crippen LogP contribution >= 0.6 is 0 Å². The van der Waals surface area contributed by atoms with E-state index < -0.39 is 5.92 Å². The fraction of sp³-hybridized carbons (Fsp3) is 0.375.